The molecule has 2 aliphatic heterocycles. The van der Waals surface area contributed by atoms with Gasteiger partial charge in [0.15, 0.2) is 11.7 Å². The number of nitrogens with one attached hydrogen (secondary N) is 4. The number of amides is 4. The molecule has 2 saturated heterocycles. The third kappa shape index (κ3) is 10.4. The number of aliphatic carboxylic acids is 1. The van der Waals surface area contributed by atoms with Crippen LogP contribution in [0.4, 0.5) is 0 Å². The van der Waals surface area contributed by atoms with Crippen molar-refractivity contribution in [3.05, 3.63) is 71.8 Å². The van der Waals surface area contributed by atoms with Gasteiger partial charge in [-0.2, -0.15) is 0 Å². The van der Waals surface area contributed by atoms with Crippen LogP contribution in [0.2, 0.25) is 0 Å². The van der Waals surface area contributed by atoms with Crippen molar-refractivity contribution >= 4 is 35.6 Å². The lowest BCUT2D eigenvalue weighted by Crippen LogP contribution is -2.66. The summed E-state index contributed by atoms with van der Waals surface area (Å²) in [5.41, 5.74) is 12.8. The molecule has 6 aliphatic rings. The van der Waals surface area contributed by atoms with Crippen molar-refractivity contribution in [3.63, 3.8) is 0 Å². The Morgan fingerprint density at radius 3 is 2.26 bits per heavy atom. The first-order valence-electron chi connectivity index (χ1n) is 25.0. The van der Waals surface area contributed by atoms with Gasteiger partial charge in [-0.3, -0.25) is 29.0 Å². The first-order chi connectivity index (χ1) is 32.6. The molecule has 9 N–H and O–H groups in total. The van der Waals surface area contributed by atoms with E-state index in [4.69, 9.17) is 25.7 Å². The molecule has 68 heavy (non-hydrogen) atoms. The number of benzene rings is 2. The van der Waals surface area contributed by atoms with Crippen LogP contribution in [0.3, 0.4) is 0 Å². The van der Waals surface area contributed by atoms with E-state index in [0.717, 1.165) is 62.5 Å². The molecule has 2 heterocycles. The molecule has 8 rings (SSSR count). The SMILES string of the molecule is CO[C@H]1CC[C@@]2(C)[C@@H](CC[C@@H]3[C@@H]2CC[C@@]2(C)[C@H]3C[C@H](C(=O)N[C@@H](CCCN=C(N)N)C(=O)N[C@@H](c3ccccc3)[C@@H]3C[C@H]3C(=O)N[C@@H](CC(=O)O)C(=O)NCc3ccccc3)O[C@@]23CCCO3)C1. The number of carbonyl (C=O) groups is 5. The number of fused-ring (bicyclic) bond motifs is 6. The summed E-state index contributed by atoms with van der Waals surface area (Å²) in [5, 5.41) is 21.4. The second kappa shape index (κ2) is 20.9. The van der Waals surface area contributed by atoms with E-state index in [1.54, 1.807) is 0 Å². The normalized spacial score (nSPS) is 33.8. The number of nitrogens with zero attached hydrogens (tertiary/aromatic N) is 1. The van der Waals surface area contributed by atoms with Gasteiger partial charge in [-0.05, 0) is 123 Å². The Morgan fingerprint density at radius 2 is 1.57 bits per heavy atom. The molecule has 0 unspecified atom stereocenters. The molecule has 2 aromatic rings. The molecular formula is C52H73N7O9. The first kappa shape index (κ1) is 49.4. The number of carboxylic acid groups (broad SMARTS) is 1. The van der Waals surface area contributed by atoms with E-state index in [0.29, 0.717) is 56.1 Å². The zero-order valence-electron chi connectivity index (χ0n) is 40.0. The third-order valence-corrected chi connectivity index (χ3v) is 17.2. The molecule has 1 spiro atoms. The second-order valence-electron chi connectivity index (χ2n) is 21.1. The zero-order chi connectivity index (χ0) is 48.2. The lowest BCUT2D eigenvalue weighted by atomic mass is 9.42. The Morgan fingerprint density at radius 1 is 0.838 bits per heavy atom. The number of rotatable bonds is 18. The van der Waals surface area contributed by atoms with Gasteiger partial charge < -0.3 is 52.1 Å². The highest BCUT2D eigenvalue weighted by atomic mass is 16.7. The Labute approximate surface area is 400 Å². The second-order valence-corrected chi connectivity index (χ2v) is 21.1. The molecular weight excluding hydrogens is 867 g/mol. The van der Waals surface area contributed by atoms with Crippen LogP contribution in [-0.4, -0.2) is 91.0 Å². The van der Waals surface area contributed by atoms with E-state index in [1.165, 1.54) is 0 Å². The summed E-state index contributed by atoms with van der Waals surface area (Å²) in [4.78, 5) is 72.5. The fourth-order valence-corrected chi connectivity index (χ4v) is 13.5. The van der Waals surface area contributed by atoms with E-state index in [9.17, 15) is 29.1 Å². The van der Waals surface area contributed by atoms with Crippen LogP contribution in [0, 0.1) is 46.3 Å². The fourth-order valence-electron chi connectivity index (χ4n) is 13.5. The third-order valence-electron chi connectivity index (χ3n) is 17.2. The maximum absolute atomic E-state index is 14.8. The number of carbonyl (C=O) groups excluding carboxylic acids is 4. The van der Waals surface area contributed by atoms with E-state index < -0.39 is 66.0 Å². The van der Waals surface area contributed by atoms with Gasteiger partial charge in [-0.1, -0.05) is 74.5 Å². The molecule has 370 valence electrons. The minimum absolute atomic E-state index is 0.0718. The van der Waals surface area contributed by atoms with E-state index in [2.05, 4.69) is 40.1 Å². The van der Waals surface area contributed by atoms with Crippen molar-refractivity contribution in [2.24, 2.45) is 62.8 Å². The zero-order valence-corrected chi connectivity index (χ0v) is 40.0. The number of ether oxygens (including phenoxy) is 3. The van der Waals surface area contributed by atoms with Crippen molar-refractivity contribution in [1.82, 2.24) is 21.3 Å². The van der Waals surface area contributed by atoms with Crippen molar-refractivity contribution < 1.29 is 43.3 Å². The van der Waals surface area contributed by atoms with Gasteiger partial charge in [-0.15, -0.1) is 0 Å². The topological polar surface area (TPSA) is 246 Å². The number of methoxy groups -OCH3 is 1. The number of hydrogen-bond acceptors (Lipinski definition) is 9. The molecule has 16 heteroatoms. The van der Waals surface area contributed by atoms with Crippen molar-refractivity contribution in [2.45, 2.75) is 146 Å². The molecule has 0 aromatic heterocycles. The van der Waals surface area contributed by atoms with Crippen LogP contribution in [0.1, 0.15) is 121 Å². The largest absolute Gasteiger partial charge is 0.481 e. The maximum atomic E-state index is 14.8. The predicted molar refractivity (Wildman–Crippen MR) is 254 cm³/mol. The molecule has 6 fully saturated rings. The molecule has 0 radical (unpaired) electrons. The highest BCUT2D eigenvalue weighted by Crippen LogP contribution is 2.68. The van der Waals surface area contributed by atoms with Crippen LogP contribution in [0.15, 0.2) is 65.7 Å². The molecule has 16 nitrogen and oxygen atoms in total. The van der Waals surface area contributed by atoms with E-state index in [1.807, 2.05) is 67.8 Å². The first-order valence-corrected chi connectivity index (χ1v) is 25.0. The van der Waals surface area contributed by atoms with Crippen LogP contribution in [-0.2, 0) is 44.7 Å². The van der Waals surface area contributed by atoms with Gasteiger partial charge in [0.2, 0.25) is 23.6 Å². The van der Waals surface area contributed by atoms with Crippen LogP contribution in [0.5, 0.6) is 0 Å². The Bertz CT molecular complexity index is 2150. The predicted octanol–water partition coefficient (Wildman–Crippen LogP) is 4.85. The Kier molecular flexibility index (Phi) is 15.2. The maximum Gasteiger partial charge on any atom is 0.305 e. The molecule has 2 aromatic carbocycles. The van der Waals surface area contributed by atoms with Crippen LogP contribution < -0.4 is 32.7 Å². The summed E-state index contributed by atoms with van der Waals surface area (Å²) in [6.45, 7) is 5.84. The monoisotopic (exact) mass is 940 g/mol. The summed E-state index contributed by atoms with van der Waals surface area (Å²) in [6.07, 6.45) is 9.64. The summed E-state index contributed by atoms with van der Waals surface area (Å²) in [7, 11) is 1.84. The molecule has 0 bridgehead atoms. The molecule has 4 aliphatic carbocycles. The standard InChI is InChI=1S/C52H73N7O9/c1-50-22-19-34(66-3)26-33(50)17-18-35-38(50)20-23-51(2)39(35)28-42(68-52(51)21-11-25-67-52)48(65)57-40(16-10-24-55-49(53)54)47(64)59-44(32-14-8-5-9-15-32)36-27-37(36)45(62)58-41(29-43(60)61)46(63)56-30-31-12-6-4-7-13-31/h4-9,12-15,33-42,44H,10-11,16-30H2,1-3H3,(H,56,63)(H,57,65)(H,58,62)(H,59,64)(H,60,61)(H4,53,54,55)/t33-,34-,35+,36+,37+,38-,39-,40-,41-,42+,44-,50-,51-,52-/m0/s1. The van der Waals surface area contributed by atoms with Gasteiger partial charge in [-0.25, -0.2) is 0 Å². The minimum Gasteiger partial charge on any atom is -0.481 e. The van der Waals surface area contributed by atoms with E-state index in [-0.39, 0.29) is 54.0 Å². The molecule has 4 saturated carbocycles. The molecule has 4 amide bonds. The van der Waals surface area contributed by atoms with Crippen LogP contribution in [0.25, 0.3) is 0 Å². The number of guanidine groups is 1. The smallest absolute Gasteiger partial charge is 0.305 e. The van der Waals surface area contributed by atoms with Crippen molar-refractivity contribution in [2.75, 3.05) is 20.3 Å². The summed E-state index contributed by atoms with van der Waals surface area (Å²) in [6, 6.07) is 15.6. The molecule has 14 atom stereocenters. The van der Waals surface area contributed by atoms with Gasteiger partial charge in [0.25, 0.3) is 0 Å². The number of aliphatic imine (C=N–C) groups is 1. The van der Waals surface area contributed by atoms with Gasteiger partial charge in [0, 0.05) is 38.0 Å². The Hall–Kier alpha value is -5.06. The van der Waals surface area contributed by atoms with Crippen molar-refractivity contribution in [1.29, 1.82) is 0 Å². The average Bonchev–Trinajstić information content (AvgIpc) is 3.99. The highest BCUT2D eigenvalue weighted by molar-refractivity contribution is 5.93. The summed E-state index contributed by atoms with van der Waals surface area (Å²) >= 11 is 0. The Balaban J connectivity index is 0.985. The number of hydrogen-bond donors (Lipinski definition) is 7. The number of carboxylic acids is 1. The lowest BCUT2D eigenvalue weighted by molar-refractivity contribution is -0.348. The number of nitrogens with two attached hydrogens (primary N) is 2. The van der Waals surface area contributed by atoms with Crippen LogP contribution >= 0.6 is 0 Å². The van der Waals surface area contributed by atoms with Gasteiger partial charge in [0.1, 0.15) is 18.2 Å². The summed E-state index contributed by atoms with van der Waals surface area (Å²) in [5.74, 6) is -3.31. The summed E-state index contributed by atoms with van der Waals surface area (Å²) < 4.78 is 19.5. The van der Waals surface area contributed by atoms with Crippen molar-refractivity contribution in [3.8, 4) is 0 Å². The minimum atomic E-state index is -1.30. The quantitative estimate of drug-likeness (QED) is 0.0605. The van der Waals surface area contributed by atoms with E-state index >= 15 is 0 Å². The van der Waals surface area contributed by atoms with Gasteiger partial charge >= 0.3 is 5.97 Å². The fraction of sp³-hybridized carbons (Fsp3) is 0.654. The lowest BCUT2D eigenvalue weighted by Gasteiger charge is -2.66. The van der Waals surface area contributed by atoms with Gasteiger partial charge in [0.05, 0.1) is 25.2 Å². The highest BCUT2D eigenvalue weighted by Gasteiger charge is 2.67. The average molecular weight is 940 g/mol.